The highest BCUT2D eigenvalue weighted by Gasteiger charge is 2.62. The van der Waals surface area contributed by atoms with Gasteiger partial charge in [0.15, 0.2) is 0 Å². The molecule has 1 N–H and O–H groups in total. The van der Waals surface area contributed by atoms with E-state index in [9.17, 15) is 14.3 Å². The zero-order chi connectivity index (χ0) is 20.7. The van der Waals surface area contributed by atoms with E-state index in [1.165, 1.54) is 18.6 Å². The van der Waals surface area contributed by atoms with Gasteiger partial charge in [-0.05, 0) is 79.0 Å². The maximum atomic E-state index is 13.7. The van der Waals surface area contributed by atoms with E-state index in [1.807, 2.05) is 42.5 Å². The van der Waals surface area contributed by atoms with Crippen molar-refractivity contribution in [3.8, 4) is 0 Å². The molecule has 0 saturated heterocycles. The van der Waals surface area contributed by atoms with Crippen molar-refractivity contribution in [2.45, 2.75) is 44.1 Å². The van der Waals surface area contributed by atoms with Crippen molar-refractivity contribution in [2.24, 2.45) is 29.6 Å². The van der Waals surface area contributed by atoms with Crippen LogP contribution in [0.2, 0.25) is 0 Å². The Hall–Kier alpha value is -2.20. The average molecular weight is 409 g/mol. The van der Waals surface area contributed by atoms with Crippen molar-refractivity contribution in [2.75, 3.05) is 6.61 Å². The Morgan fingerprint density at radius 3 is 2.13 bits per heavy atom. The van der Waals surface area contributed by atoms with Gasteiger partial charge in [-0.2, -0.15) is 0 Å². The Balaban J connectivity index is 1.50. The molecule has 2 aromatic carbocycles. The Morgan fingerprint density at radius 1 is 0.967 bits per heavy atom. The summed E-state index contributed by atoms with van der Waals surface area (Å²) in [4.78, 5) is 12.7. The first-order chi connectivity index (χ1) is 14.6. The Kier molecular flexibility index (Phi) is 5.14. The van der Waals surface area contributed by atoms with Crippen molar-refractivity contribution < 1.29 is 19.0 Å². The Morgan fingerprint density at radius 2 is 1.57 bits per heavy atom. The summed E-state index contributed by atoms with van der Waals surface area (Å²) < 4.78 is 19.8. The van der Waals surface area contributed by atoms with E-state index >= 15 is 0 Å². The fraction of sp³-hybridized carbons (Fsp3) is 0.500. The van der Waals surface area contributed by atoms with Gasteiger partial charge in [0.25, 0.3) is 0 Å². The second-order valence-corrected chi connectivity index (χ2v) is 9.64. The number of benzene rings is 2. The van der Waals surface area contributed by atoms with Crippen molar-refractivity contribution in [1.29, 1.82) is 0 Å². The number of carboxylic acids is 1. The van der Waals surface area contributed by atoms with Gasteiger partial charge in [0.1, 0.15) is 5.82 Å². The quantitative estimate of drug-likeness (QED) is 0.664. The van der Waals surface area contributed by atoms with Crippen LogP contribution in [0.25, 0.3) is 0 Å². The van der Waals surface area contributed by atoms with E-state index in [-0.39, 0.29) is 12.4 Å². The maximum Gasteiger partial charge on any atom is 0.309 e. The Labute approximate surface area is 177 Å². The number of ether oxygens (including phenoxy) is 1. The zero-order valence-corrected chi connectivity index (χ0v) is 17.2. The summed E-state index contributed by atoms with van der Waals surface area (Å²) in [7, 11) is 0. The molecule has 4 fully saturated rings. The first kappa shape index (κ1) is 19.7. The van der Waals surface area contributed by atoms with E-state index in [0.717, 1.165) is 48.6 Å². The monoisotopic (exact) mass is 408 g/mol. The van der Waals surface area contributed by atoms with Gasteiger partial charge in [-0.15, -0.1) is 0 Å². The minimum Gasteiger partial charge on any atom is -0.481 e. The van der Waals surface area contributed by atoms with Gasteiger partial charge in [0.05, 0.1) is 19.1 Å². The second-order valence-electron chi connectivity index (χ2n) is 9.64. The van der Waals surface area contributed by atoms with E-state index in [1.54, 1.807) is 0 Å². The lowest BCUT2D eigenvalue weighted by atomic mass is 9.41. The van der Waals surface area contributed by atoms with Crippen LogP contribution in [-0.2, 0) is 21.6 Å². The minimum atomic E-state index is -0.792. The number of hydrogen-bond donors (Lipinski definition) is 1. The largest absolute Gasteiger partial charge is 0.481 e. The molecule has 3 nitrogen and oxygen atoms in total. The van der Waals surface area contributed by atoms with E-state index < -0.39 is 17.3 Å². The van der Waals surface area contributed by atoms with Crippen LogP contribution in [0, 0.1) is 35.4 Å². The van der Waals surface area contributed by atoms with Gasteiger partial charge < -0.3 is 9.84 Å². The normalized spacial score (nSPS) is 32.8. The summed E-state index contributed by atoms with van der Waals surface area (Å²) in [6.45, 7) is 0.592. The van der Waals surface area contributed by atoms with Gasteiger partial charge in [0.2, 0.25) is 0 Å². The molecular formula is C26H29FO3. The number of rotatable bonds is 7. The maximum absolute atomic E-state index is 13.7. The molecule has 1 unspecified atom stereocenters. The third-order valence-electron chi connectivity index (χ3n) is 8.10. The summed E-state index contributed by atoms with van der Waals surface area (Å²) in [5.41, 5.74) is 1.57. The summed E-state index contributed by atoms with van der Waals surface area (Å²) in [6, 6.07) is 16.5. The van der Waals surface area contributed by atoms with Gasteiger partial charge in [-0.25, -0.2) is 4.39 Å². The average Bonchev–Trinajstić information content (AvgIpc) is 2.73. The van der Waals surface area contributed by atoms with Crippen LogP contribution in [0.5, 0.6) is 0 Å². The first-order valence-electron chi connectivity index (χ1n) is 11.2. The molecule has 4 saturated carbocycles. The van der Waals surface area contributed by atoms with Crippen molar-refractivity contribution in [3.05, 3.63) is 71.5 Å². The highest BCUT2D eigenvalue weighted by molar-refractivity contribution is 5.73. The lowest BCUT2D eigenvalue weighted by Crippen LogP contribution is -2.61. The van der Waals surface area contributed by atoms with Crippen molar-refractivity contribution >= 4 is 5.97 Å². The molecule has 2 aromatic rings. The predicted molar refractivity (Wildman–Crippen MR) is 112 cm³/mol. The van der Waals surface area contributed by atoms with Crippen LogP contribution in [0.15, 0.2) is 54.6 Å². The number of aliphatic carboxylic acids is 1. The van der Waals surface area contributed by atoms with Gasteiger partial charge in [-0.1, -0.05) is 42.5 Å². The van der Waals surface area contributed by atoms with Crippen LogP contribution < -0.4 is 0 Å². The molecule has 0 radical (unpaired) electrons. The molecule has 0 aliphatic heterocycles. The van der Waals surface area contributed by atoms with Crippen LogP contribution >= 0.6 is 0 Å². The van der Waals surface area contributed by atoms with Crippen LogP contribution in [0.1, 0.15) is 43.2 Å². The first-order valence-corrected chi connectivity index (χ1v) is 11.2. The lowest BCUT2D eigenvalue weighted by molar-refractivity contribution is -0.162. The lowest BCUT2D eigenvalue weighted by Gasteiger charge is -2.63. The number of halogens is 1. The second kappa shape index (κ2) is 7.81. The molecule has 0 spiro atoms. The molecule has 6 rings (SSSR count). The Bertz CT molecular complexity index is 864. The SMILES string of the molecule is O=C(O)C(COCc1ccccc1)C1(c2ccc(F)cc2)C2CC3CC(C2)CC1C3. The molecule has 30 heavy (non-hydrogen) atoms. The van der Waals surface area contributed by atoms with E-state index in [4.69, 9.17) is 4.74 Å². The van der Waals surface area contributed by atoms with Gasteiger partial charge in [0, 0.05) is 5.41 Å². The van der Waals surface area contributed by atoms with Crippen molar-refractivity contribution in [3.63, 3.8) is 0 Å². The van der Waals surface area contributed by atoms with Crippen molar-refractivity contribution in [1.82, 2.24) is 0 Å². The number of carbonyl (C=O) groups is 1. The smallest absolute Gasteiger partial charge is 0.309 e. The van der Waals surface area contributed by atoms with Crippen LogP contribution in [0.3, 0.4) is 0 Å². The molecule has 4 heteroatoms. The number of carboxylic acid groups (broad SMARTS) is 1. The summed E-state index contributed by atoms with van der Waals surface area (Å²) in [6.07, 6.45) is 5.66. The molecule has 0 heterocycles. The highest BCUT2D eigenvalue weighted by Crippen LogP contribution is 2.65. The molecular weight excluding hydrogens is 379 g/mol. The molecule has 4 aliphatic carbocycles. The molecule has 4 bridgehead atoms. The third kappa shape index (κ3) is 3.26. The van der Waals surface area contributed by atoms with Gasteiger partial charge >= 0.3 is 5.97 Å². The topological polar surface area (TPSA) is 46.5 Å². The van der Waals surface area contributed by atoms with Gasteiger partial charge in [-0.3, -0.25) is 4.79 Å². The number of hydrogen-bond acceptors (Lipinski definition) is 2. The van der Waals surface area contributed by atoms with Crippen LogP contribution in [-0.4, -0.2) is 17.7 Å². The third-order valence-corrected chi connectivity index (χ3v) is 8.10. The fourth-order valence-electron chi connectivity index (χ4n) is 7.23. The standard InChI is InChI=1S/C26H29FO3/c27-23-8-6-20(7-9-23)26(21-11-18-10-19(13-21)14-22(26)12-18)24(25(28)29)16-30-15-17-4-2-1-3-5-17/h1-9,18-19,21-22,24H,10-16H2,(H,28,29). The molecule has 0 aromatic heterocycles. The summed E-state index contributed by atoms with van der Waals surface area (Å²) >= 11 is 0. The minimum absolute atomic E-state index is 0.184. The molecule has 4 aliphatic rings. The highest BCUT2D eigenvalue weighted by atomic mass is 19.1. The predicted octanol–water partition coefficient (Wildman–Crippen LogP) is 5.44. The zero-order valence-electron chi connectivity index (χ0n) is 17.2. The summed E-state index contributed by atoms with van der Waals surface area (Å²) in [5, 5.41) is 10.4. The molecule has 158 valence electrons. The molecule has 1 atom stereocenters. The summed E-state index contributed by atoms with van der Waals surface area (Å²) in [5.74, 6) is 0.425. The van der Waals surface area contributed by atoms with Crippen LogP contribution in [0.4, 0.5) is 4.39 Å². The van der Waals surface area contributed by atoms with E-state index in [2.05, 4.69) is 0 Å². The molecule has 0 amide bonds. The van der Waals surface area contributed by atoms with E-state index in [0.29, 0.717) is 18.4 Å². The fourth-order valence-corrected chi connectivity index (χ4v) is 7.23.